The van der Waals surface area contributed by atoms with Gasteiger partial charge in [0.15, 0.2) is 0 Å². The third-order valence-electron chi connectivity index (χ3n) is 2.72. The first-order chi connectivity index (χ1) is 9.58. The van der Waals surface area contributed by atoms with Crippen molar-refractivity contribution < 1.29 is 9.72 Å². The van der Waals surface area contributed by atoms with Crippen molar-refractivity contribution in [1.82, 2.24) is 9.97 Å². The molecule has 2 aromatic rings. The number of nitrogens with one attached hydrogen (secondary N) is 1. The predicted molar refractivity (Wildman–Crippen MR) is 73.1 cm³/mol. The molecule has 0 saturated carbocycles. The lowest BCUT2D eigenvalue weighted by Crippen LogP contribution is -2.13. The Labute approximate surface area is 114 Å². The largest absolute Gasteiger partial charge is 0.370 e. The Bertz CT molecular complexity index is 659. The average molecular weight is 275 g/mol. The van der Waals surface area contributed by atoms with Crippen LogP contribution in [0, 0.1) is 10.1 Å². The minimum atomic E-state index is -0.469. The fourth-order valence-corrected chi connectivity index (χ4v) is 1.77. The molecule has 0 aliphatic rings. The Balaban J connectivity index is 2.21. The zero-order chi connectivity index (χ0) is 14.5. The summed E-state index contributed by atoms with van der Waals surface area (Å²) in [5, 5.41) is 14.4. The number of primary amides is 1. The number of nitrogens with zero attached hydrogens (tertiary/aromatic N) is 3. The van der Waals surface area contributed by atoms with E-state index in [9.17, 15) is 14.9 Å². The molecular weight excluding hydrogens is 262 g/mol. The summed E-state index contributed by atoms with van der Waals surface area (Å²) in [6.07, 6.45) is 2.22. The number of fused-ring (bicyclic) bond motifs is 1. The van der Waals surface area contributed by atoms with Crippen LogP contribution in [0.2, 0.25) is 0 Å². The quantitative estimate of drug-likeness (QED) is 0.464. The van der Waals surface area contributed by atoms with Crippen LogP contribution in [0.25, 0.3) is 10.9 Å². The first kappa shape index (κ1) is 13.7. The lowest BCUT2D eigenvalue weighted by molar-refractivity contribution is -0.384. The van der Waals surface area contributed by atoms with Crippen LogP contribution in [0.4, 0.5) is 11.5 Å². The summed E-state index contributed by atoms with van der Waals surface area (Å²) in [7, 11) is 0. The summed E-state index contributed by atoms with van der Waals surface area (Å²) in [5.74, 6) is 0.137. The standard InChI is InChI=1S/C12H13N5O3/c13-11(18)2-1-5-14-12-9-6-8(17(19)20)3-4-10(9)15-7-16-12/h3-4,6-7H,1-2,5H2,(H2,13,18)(H,14,15,16). The molecular formula is C12H13N5O3. The van der Waals surface area contributed by atoms with Gasteiger partial charge in [-0.3, -0.25) is 14.9 Å². The van der Waals surface area contributed by atoms with Crippen LogP contribution >= 0.6 is 0 Å². The second kappa shape index (κ2) is 5.91. The van der Waals surface area contributed by atoms with E-state index in [2.05, 4.69) is 15.3 Å². The van der Waals surface area contributed by atoms with Crippen molar-refractivity contribution in [1.29, 1.82) is 0 Å². The average Bonchev–Trinajstić information content (AvgIpc) is 2.42. The van der Waals surface area contributed by atoms with Crippen molar-refractivity contribution in [3.63, 3.8) is 0 Å². The SMILES string of the molecule is NC(=O)CCCNc1ncnc2ccc([N+](=O)[O-])cc12. The highest BCUT2D eigenvalue weighted by molar-refractivity contribution is 5.90. The van der Waals surface area contributed by atoms with E-state index >= 15 is 0 Å². The van der Waals surface area contributed by atoms with Gasteiger partial charge >= 0.3 is 0 Å². The third-order valence-corrected chi connectivity index (χ3v) is 2.72. The van der Waals surface area contributed by atoms with E-state index in [-0.39, 0.29) is 18.0 Å². The molecule has 20 heavy (non-hydrogen) atoms. The molecule has 0 fully saturated rings. The molecule has 0 bridgehead atoms. The summed E-state index contributed by atoms with van der Waals surface area (Å²) in [6.45, 7) is 0.498. The molecule has 0 aliphatic carbocycles. The van der Waals surface area contributed by atoms with Gasteiger partial charge in [-0.05, 0) is 12.5 Å². The summed E-state index contributed by atoms with van der Waals surface area (Å²) in [6, 6.07) is 4.39. The number of carbonyl (C=O) groups is 1. The minimum absolute atomic E-state index is 0.0208. The molecule has 2 rings (SSSR count). The van der Waals surface area contributed by atoms with E-state index in [0.717, 1.165) is 0 Å². The number of anilines is 1. The number of amides is 1. The van der Waals surface area contributed by atoms with Crippen LogP contribution in [0.3, 0.4) is 0 Å². The maximum Gasteiger partial charge on any atom is 0.270 e. The van der Waals surface area contributed by atoms with Gasteiger partial charge in [-0.15, -0.1) is 0 Å². The number of carbonyl (C=O) groups excluding carboxylic acids is 1. The van der Waals surface area contributed by atoms with E-state index in [1.165, 1.54) is 18.5 Å². The van der Waals surface area contributed by atoms with Crippen molar-refractivity contribution in [3.8, 4) is 0 Å². The molecule has 0 atom stereocenters. The second-order valence-corrected chi connectivity index (χ2v) is 4.18. The first-order valence-electron chi connectivity index (χ1n) is 5.99. The number of non-ortho nitro benzene ring substituents is 1. The molecule has 0 radical (unpaired) electrons. The zero-order valence-electron chi connectivity index (χ0n) is 10.6. The Morgan fingerprint density at radius 1 is 1.40 bits per heavy atom. The van der Waals surface area contributed by atoms with Crippen LogP contribution < -0.4 is 11.1 Å². The number of rotatable bonds is 6. The molecule has 1 aromatic heterocycles. The Morgan fingerprint density at radius 3 is 2.90 bits per heavy atom. The van der Waals surface area contributed by atoms with E-state index in [1.807, 2.05) is 0 Å². The monoisotopic (exact) mass is 275 g/mol. The van der Waals surface area contributed by atoms with Crippen LogP contribution in [0.5, 0.6) is 0 Å². The lowest BCUT2D eigenvalue weighted by Gasteiger charge is -2.07. The molecule has 1 aromatic carbocycles. The highest BCUT2D eigenvalue weighted by Crippen LogP contribution is 2.24. The van der Waals surface area contributed by atoms with Crippen molar-refractivity contribution in [2.45, 2.75) is 12.8 Å². The molecule has 104 valence electrons. The van der Waals surface area contributed by atoms with Gasteiger partial charge in [-0.1, -0.05) is 0 Å². The second-order valence-electron chi connectivity index (χ2n) is 4.18. The minimum Gasteiger partial charge on any atom is -0.370 e. The maximum atomic E-state index is 10.8. The highest BCUT2D eigenvalue weighted by Gasteiger charge is 2.10. The summed E-state index contributed by atoms with van der Waals surface area (Å²) in [5.41, 5.74) is 5.64. The third kappa shape index (κ3) is 3.16. The van der Waals surface area contributed by atoms with Crippen LogP contribution in [-0.4, -0.2) is 27.3 Å². The van der Waals surface area contributed by atoms with Crippen LogP contribution in [-0.2, 0) is 4.79 Å². The van der Waals surface area contributed by atoms with Gasteiger partial charge in [0.1, 0.15) is 12.1 Å². The van der Waals surface area contributed by atoms with E-state index in [0.29, 0.717) is 29.7 Å². The first-order valence-corrected chi connectivity index (χ1v) is 5.99. The molecule has 3 N–H and O–H groups in total. The molecule has 1 amide bonds. The fourth-order valence-electron chi connectivity index (χ4n) is 1.77. The molecule has 0 unspecified atom stereocenters. The summed E-state index contributed by atoms with van der Waals surface area (Å²) < 4.78 is 0. The number of nitro benzene ring substituents is 1. The number of nitrogens with two attached hydrogens (primary N) is 1. The molecule has 8 heteroatoms. The number of benzene rings is 1. The van der Waals surface area contributed by atoms with Crippen molar-refractivity contribution in [2.24, 2.45) is 5.73 Å². The normalized spacial score (nSPS) is 10.4. The van der Waals surface area contributed by atoms with Crippen LogP contribution in [0.15, 0.2) is 24.5 Å². The molecule has 0 aliphatic heterocycles. The fraction of sp³-hybridized carbons (Fsp3) is 0.250. The van der Waals surface area contributed by atoms with E-state index < -0.39 is 4.92 Å². The summed E-state index contributed by atoms with van der Waals surface area (Å²) >= 11 is 0. The van der Waals surface area contributed by atoms with Gasteiger partial charge < -0.3 is 11.1 Å². The number of hydrogen-bond donors (Lipinski definition) is 2. The molecule has 8 nitrogen and oxygen atoms in total. The number of hydrogen-bond acceptors (Lipinski definition) is 6. The van der Waals surface area contributed by atoms with Gasteiger partial charge in [0.25, 0.3) is 5.69 Å². The van der Waals surface area contributed by atoms with Gasteiger partial charge in [0.2, 0.25) is 5.91 Å². The predicted octanol–water partition coefficient (Wildman–Crippen LogP) is 1.22. The van der Waals surface area contributed by atoms with E-state index in [4.69, 9.17) is 5.73 Å². The molecule has 0 saturated heterocycles. The van der Waals surface area contributed by atoms with Crippen molar-refractivity contribution in [3.05, 3.63) is 34.6 Å². The van der Waals surface area contributed by atoms with E-state index in [1.54, 1.807) is 6.07 Å². The Morgan fingerprint density at radius 2 is 2.20 bits per heavy atom. The van der Waals surface area contributed by atoms with Gasteiger partial charge in [-0.25, -0.2) is 9.97 Å². The molecule has 0 spiro atoms. The maximum absolute atomic E-state index is 10.8. The van der Waals surface area contributed by atoms with Gasteiger partial charge in [-0.2, -0.15) is 0 Å². The highest BCUT2D eigenvalue weighted by atomic mass is 16.6. The Hall–Kier alpha value is -2.77. The smallest absolute Gasteiger partial charge is 0.270 e. The molecule has 1 heterocycles. The zero-order valence-corrected chi connectivity index (χ0v) is 10.6. The van der Waals surface area contributed by atoms with Crippen LogP contribution in [0.1, 0.15) is 12.8 Å². The van der Waals surface area contributed by atoms with Gasteiger partial charge in [0.05, 0.1) is 10.4 Å². The van der Waals surface area contributed by atoms with Crippen molar-refractivity contribution >= 4 is 28.3 Å². The van der Waals surface area contributed by atoms with Crippen molar-refractivity contribution in [2.75, 3.05) is 11.9 Å². The number of aromatic nitrogens is 2. The Kier molecular flexibility index (Phi) is 4.04. The van der Waals surface area contributed by atoms with Gasteiger partial charge in [0, 0.05) is 30.5 Å². The topological polar surface area (TPSA) is 124 Å². The lowest BCUT2D eigenvalue weighted by atomic mass is 10.2. The number of nitro groups is 1. The summed E-state index contributed by atoms with van der Waals surface area (Å²) in [4.78, 5) is 29.1.